The number of halogens is 1. The summed E-state index contributed by atoms with van der Waals surface area (Å²) < 4.78 is 35.7. The maximum absolute atomic E-state index is 12.7. The second-order valence-electron chi connectivity index (χ2n) is 8.49. The van der Waals surface area contributed by atoms with Crippen LogP contribution in [0.4, 0.5) is 0 Å². The molecule has 0 unspecified atom stereocenters. The molecule has 1 saturated heterocycles. The molecule has 39 heavy (non-hydrogen) atoms. The Morgan fingerprint density at radius 3 is 2.18 bits per heavy atom. The molecule has 1 N–H and O–H groups in total. The monoisotopic (exact) mass is 603 g/mol. The number of amides is 1. The van der Waals surface area contributed by atoms with E-state index < -0.39 is 28.3 Å². The van der Waals surface area contributed by atoms with E-state index in [1.54, 1.807) is 48.5 Å². The molecule has 0 aliphatic carbocycles. The smallest absolute Gasteiger partial charge is 0.323 e. The van der Waals surface area contributed by atoms with Crippen LogP contribution < -0.4 is 9.47 Å². The number of hydrogen-bond acceptors (Lipinski definition) is 8. The molecule has 1 aliphatic rings. The number of carboxylic acid groups (broad SMARTS) is 1. The lowest BCUT2D eigenvalue weighted by atomic mass is 10.1. The summed E-state index contributed by atoms with van der Waals surface area (Å²) in [5.41, 5.74) is 2.26. The first kappa shape index (κ1) is 28.6. The van der Waals surface area contributed by atoms with Crippen molar-refractivity contribution in [2.24, 2.45) is 0 Å². The highest BCUT2D eigenvalue weighted by molar-refractivity contribution is 8.26. The van der Waals surface area contributed by atoms with Crippen molar-refractivity contribution in [1.29, 1.82) is 0 Å². The number of aliphatic carboxylic acids is 1. The molecule has 4 rings (SSSR count). The fourth-order valence-electron chi connectivity index (χ4n) is 3.51. The maximum atomic E-state index is 12.7. The highest BCUT2D eigenvalue weighted by atomic mass is 35.5. The van der Waals surface area contributed by atoms with E-state index in [9.17, 15) is 18.0 Å². The average Bonchev–Trinajstić information content (AvgIpc) is 3.14. The zero-order valence-corrected chi connectivity index (χ0v) is 23.7. The lowest BCUT2D eigenvalue weighted by molar-refractivity contribution is -0.140. The normalized spacial score (nSPS) is 14.6. The minimum atomic E-state index is -3.30. The number of nitrogens with zero attached hydrogens (tertiary/aromatic N) is 1. The van der Waals surface area contributed by atoms with Crippen molar-refractivity contribution in [3.05, 3.63) is 93.3 Å². The van der Waals surface area contributed by atoms with Crippen molar-refractivity contribution in [2.45, 2.75) is 18.1 Å². The van der Waals surface area contributed by atoms with E-state index >= 15 is 0 Å². The summed E-state index contributed by atoms with van der Waals surface area (Å²) in [5.74, 6) is -0.786. The van der Waals surface area contributed by atoms with Gasteiger partial charge in [-0.15, -0.1) is 0 Å². The molecule has 3 aromatic rings. The van der Waals surface area contributed by atoms with Gasteiger partial charge in [0.15, 0.2) is 21.3 Å². The van der Waals surface area contributed by atoms with E-state index in [0.717, 1.165) is 34.0 Å². The minimum Gasteiger partial charge on any atom is -0.485 e. The standard InChI is InChI=1S/C27H22ClNO7S3/c1-39(33,34)21-9-4-18(5-10-21)15-35-22-11-6-19(12-23(22)36-16-17-2-7-20(28)8-3-17)13-24-26(32)29(14-25(30)31)27(37)38-24/h2-13H,14-16H2,1H3,(H,30,31)/b24-13-. The van der Waals surface area contributed by atoms with Crippen molar-refractivity contribution in [2.75, 3.05) is 12.8 Å². The van der Waals surface area contributed by atoms with Crippen LogP contribution in [0.2, 0.25) is 5.02 Å². The zero-order chi connectivity index (χ0) is 28.2. The summed E-state index contributed by atoms with van der Waals surface area (Å²) in [6.45, 7) is -0.120. The number of ether oxygens (including phenoxy) is 2. The Hall–Kier alpha value is -3.38. The lowest BCUT2D eigenvalue weighted by Gasteiger charge is -2.14. The van der Waals surface area contributed by atoms with Gasteiger partial charge in [0, 0.05) is 11.3 Å². The molecule has 0 spiro atoms. The van der Waals surface area contributed by atoms with Crippen molar-refractivity contribution >= 4 is 67.7 Å². The van der Waals surface area contributed by atoms with Gasteiger partial charge in [-0.25, -0.2) is 8.42 Å². The Morgan fingerprint density at radius 2 is 1.59 bits per heavy atom. The van der Waals surface area contributed by atoms with Crippen LogP contribution in [0.3, 0.4) is 0 Å². The largest absolute Gasteiger partial charge is 0.485 e. The molecule has 1 aliphatic heterocycles. The third kappa shape index (κ3) is 7.60. The number of benzene rings is 3. The van der Waals surface area contributed by atoms with Crippen LogP contribution in [0.5, 0.6) is 11.5 Å². The van der Waals surface area contributed by atoms with Gasteiger partial charge in [0.25, 0.3) is 5.91 Å². The molecule has 1 fully saturated rings. The number of hydrogen-bond donors (Lipinski definition) is 1. The molecular weight excluding hydrogens is 582 g/mol. The zero-order valence-electron chi connectivity index (χ0n) is 20.5. The highest BCUT2D eigenvalue weighted by Crippen LogP contribution is 2.35. The van der Waals surface area contributed by atoms with Gasteiger partial charge < -0.3 is 14.6 Å². The summed E-state index contributed by atoms with van der Waals surface area (Å²) in [6, 6.07) is 18.7. The molecule has 1 amide bonds. The van der Waals surface area contributed by atoms with Crippen LogP contribution in [0.25, 0.3) is 6.08 Å². The van der Waals surface area contributed by atoms with Gasteiger partial charge in [-0.1, -0.05) is 65.9 Å². The van der Waals surface area contributed by atoms with E-state index in [4.69, 9.17) is 38.4 Å². The molecule has 3 aromatic carbocycles. The van der Waals surface area contributed by atoms with E-state index in [1.165, 1.54) is 12.1 Å². The molecule has 202 valence electrons. The van der Waals surface area contributed by atoms with Gasteiger partial charge in [-0.3, -0.25) is 14.5 Å². The highest BCUT2D eigenvalue weighted by Gasteiger charge is 2.33. The number of rotatable bonds is 10. The summed E-state index contributed by atoms with van der Waals surface area (Å²) in [7, 11) is -3.30. The summed E-state index contributed by atoms with van der Waals surface area (Å²) in [5, 5.41) is 9.66. The third-order valence-electron chi connectivity index (χ3n) is 5.49. The topological polar surface area (TPSA) is 110 Å². The second kappa shape index (κ2) is 12.2. The van der Waals surface area contributed by atoms with Crippen LogP contribution in [0, 0.1) is 0 Å². The Morgan fingerprint density at radius 1 is 1.00 bits per heavy atom. The SMILES string of the molecule is CS(=O)(=O)c1ccc(COc2ccc(/C=C3\SC(=S)N(CC(=O)O)C3=O)cc2OCc2ccc(Cl)cc2)cc1. The number of carbonyl (C=O) groups is 2. The molecule has 12 heteroatoms. The van der Waals surface area contributed by atoms with Crippen LogP contribution in [-0.2, 0) is 32.6 Å². The summed E-state index contributed by atoms with van der Waals surface area (Å²) >= 11 is 12.2. The predicted molar refractivity (Wildman–Crippen MR) is 154 cm³/mol. The second-order valence-corrected chi connectivity index (χ2v) is 12.6. The van der Waals surface area contributed by atoms with Crippen molar-refractivity contribution in [3.8, 4) is 11.5 Å². The summed E-state index contributed by atoms with van der Waals surface area (Å²) in [4.78, 5) is 25.3. The fraction of sp³-hybridized carbons (Fsp3) is 0.148. The van der Waals surface area contributed by atoms with Crippen molar-refractivity contribution in [1.82, 2.24) is 4.90 Å². The minimum absolute atomic E-state index is 0.161. The van der Waals surface area contributed by atoms with Crippen LogP contribution in [0.1, 0.15) is 16.7 Å². The quantitative estimate of drug-likeness (QED) is 0.247. The first-order valence-corrected chi connectivity index (χ1v) is 14.9. The third-order valence-corrected chi connectivity index (χ3v) is 8.24. The number of carboxylic acids is 1. The molecular formula is C27H22ClNO7S3. The molecule has 0 saturated carbocycles. The van der Waals surface area contributed by atoms with E-state index in [-0.39, 0.29) is 22.4 Å². The molecule has 0 aromatic heterocycles. The Bertz CT molecular complexity index is 1550. The Labute approximate surface area is 240 Å². The van der Waals surface area contributed by atoms with Gasteiger partial charge >= 0.3 is 5.97 Å². The lowest BCUT2D eigenvalue weighted by Crippen LogP contribution is -2.33. The molecule has 0 bridgehead atoms. The van der Waals surface area contributed by atoms with Gasteiger partial charge in [-0.2, -0.15) is 0 Å². The predicted octanol–water partition coefficient (Wildman–Crippen LogP) is 5.19. The van der Waals surface area contributed by atoms with Crippen molar-refractivity contribution in [3.63, 3.8) is 0 Å². The molecule has 0 atom stereocenters. The van der Waals surface area contributed by atoms with Gasteiger partial charge in [0.05, 0.1) is 9.80 Å². The number of carbonyl (C=O) groups excluding carboxylic acids is 1. The summed E-state index contributed by atoms with van der Waals surface area (Å²) in [6.07, 6.45) is 2.76. The Balaban J connectivity index is 1.57. The van der Waals surface area contributed by atoms with E-state index in [0.29, 0.717) is 27.0 Å². The van der Waals surface area contributed by atoms with Crippen LogP contribution in [0.15, 0.2) is 76.5 Å². The maximum Gasteiger partial charge on any atom is 0.323 e. The number of thioether (sulfide) groups is 1. The molecule has 8 nitrogen and oxygen atoms in total. The van der Waals surface area contributed by atoms with E-state index in [2.05, 4.69) is 0 Å². The van der Waals surface area contributed by atoms with Crippen LogP contribution in [-0.4, -0.2) is 47.4 Å². The van der Waals surface area contributed by atoms with Crippen LogP contribution >= 0.6 is 35.6 Å². The number of thiocarbonyl (C=S) groups is 1. The molecule has 0 radical (unpaired) electrons. The first-order chi connectivity index (χ1) is 18.5. The number of sulfone groups is 1. The van der Waals surface area contributed by atoms with Crippen molar-refractivity contribution < 1.29 is 32.6 Å². The Kier molecular flexibility index (Phi) is 8.96. The van der Waals surface area contributed by atoms with Gasteiger partial charge in [0.1, 0.15) is 24.1 Å². The first-order valence-electron chi connectivity index (χ1n) is 11.4. The molecule has 1 heterocycles. The average molecular weight is 604 g/mol. The fourth-order valence-corrected chi connectivity index (χ4v) is 5.52. The van der Waals surface area contributed by atoms with Gasteiger partial charge in [-0.05, 0) is 59.2 Å². The van der Waals surface area contributed by atoms with Gasteiger partial charge in [0.2, 0.25) is 0 Å². The van der Waals surface area contributed by atoms with E-state index in [1.807, 2.05) is 12.1 Å².